The van der Waals surface area contributed by atoms with E-state index in [4.69, 9.17) is 28.7 Å². The van der Waals surface area contributed by atoms with Crippen LogP contribution in [0.5, 0.6) is 0 Å². The number of aliphatic hydroxyl groups is 1. The predicted molar refractivity (Wildman–Crippen MR) is 357 cm³/mol. The molecule has 0 saturated heterocycles. The number of rotatable bonds is 42. The number of aromatic nitrogens is 4. The summed E-state index contributed by atoms with van der Waals surface area (Å²) in [4.78, 5) is 192. The summed E-state index contributed by atoms with van der Waals surface area (Å²) in [6, 6.07) is -1.31. The number of H-pyrrole nitrogens is 3. The number of aliphatic hydroxyl groups excluding tert-OH is 1. The molecule has 0 bridgehead atoms. The van der Waals surface area contributed by atoms with Gasteiger partial charge in [0.1, 0.15) is 54.4 Å². The Morgan fingerprint density at radius 2 is 1.09 bits per heavy atom. The number of nitrogens with zero attached hydrogens (tertiary/aromatic N) is 2. The van der Waals surface area contributed by atoms with Crippen molar-refractivity contribution >= 4 is 117 Å². The van der Waals surface area contributed by atoms with Gasteiger partial charge >= 0.3 is 11.9 Å². The Bertz CT molecular complexity index is 3630. The van der Waals surface area contributed by atoms with Crippen LogP contribution in [0.15, 0.2) is 78.4 Å². The van der Waals surface area contributed by atoms with Crippen LogP contribution in [0.1, 0.15) is 82.0 Å². The lowest BCUT2D eigenvalue weighted by molar-refractivity contribution is -0.143. The maximum Gasteiger partial charge on any atom is 0.326 e. The number of carbonyl (C=O) groups is 13. The molecule has 0 aliphatic rings. The zero-order chi connectivity index (χ0) is 72.2. The van der Waals surface area contributed by atoms with Crippen LogP contribution in [0.4, 0.5) is 0 Å². The molecule has 98 heavy (non-hydrogen) atoms. The van der Waals surface area contributed by atoms with E-state index in [1.807, 2.05) is 18.2 Å². The quantitative estimate of drug-likeness (QED) is 0.00750. The smallest absolute Gasteiger partial charge is 0.326 e. The van der Waals surface area contributed by atoms with E-state index in [2.05, 4.69) is 90.7 Å². The fourth-order valence-corrected chi connectivity index (χ4v) is 10.3. The van der Waals surface area contributed by atoms with Gasteiger partial charge < -0.3 is 112 Å². The normalized spacial score (nSPS) is 14.5. The van der Waals surface area contributed by atoms with Gasteiger partial charge in [-0.15, -0.1) is 0 Å². The van der Waals surface area contributed by atoms with Gasteiger partial charge in [0, 0.05) is 77.7 Å². The monoisotopic (exact) mass is 1390 g/mol. The first kappa shape index (κ1) is 78.0. The third-order valence-electron chi connectivity index (χ3n) is 15.3. The lowest BCUT2D eigenvalue weighted by Crippen LogP contribution is -2.61. The molecule has 5 aromatic rings. The van der Waals surface area contributed by atoms with Crippen molar-refractivity contribution in [3.63, 3.8) is 0 Å². The minimum atomic E-state index is -1.92. The number of benzene rings is 2. The summed E-state index contributed by atoms with van der Waals surface area (Å²) in [7, 11) is 0. The van der Waals surface area contributed by atoms with Crippen LogP contribution in [-0.2, 0) is 81.6 Å². The number of hydrogen-bond acceptors (Lipinski definition) is 19. The Morgan fingerprint density at radius 3 is 1.66 bits per heavy atom. The molecule has 0 unspecified atom stereocenters. The zero-order valence-electron chi connectivity index (χ0n) is 53.8. The second-order valence-corrected chi connectivity index (χ2v) is 23.4. The molecule has 37 heteroatoms. The van der Waals surface area contributed by atoms with Crippen molar-refractivity contribution < 1.29 is 77.6 Å². The number of hydrogen-bond donors (Lipinski definition) is 22. The molecule has 0 fully saturated rings. The summed E-state index contributed by atoms with van der Waals surface area (Å²) in [5.41, 5.74) is 31.1. The molecule has 0 spiro atoms. The molecule has 0 aliphatic carbocycles. The Balaban J connectivity index is 1.28. The first-order valence-corrected chi connectivity index (χ1v) is 31.8. The first-order valence-electron chi connectivity index (χ1n) is 31.2. The summed E-state index contributed by atoms with van der Waals surface area (Å²) in [6.45, 7) is 1.79. The van der Waals surface area contributed by atoms with Crippen LogP contribution in [0.2, 0.25) is 0 Å². The number of imidazole rings is 1. The van der Waals surface area contributed by atoms with Crippen molar-refractivity contribution in [2.45, 2.75) is 151 Å². The van der Waals surface area contributed by atoms with Gasteiger partial charge in [0.15, 0.2) is 5.96 Å². The van der Waals surface area contributed by atoms with E-state index >= 15 is 0 Å². The number of aliphatic imine (C=N–C) groups is 1. The summed E-state index contributed by atoms with van der Waals surface area (Å²) in [5, 5.41) is 55.7. The molecule has 2 aromatic carbocycles. The summed E-state index contributed by atoms with van der Waals surface area (Å²) in [6.07, 6.45) is 2.51. The minimum Gasteiger partial charge on any atom is -0.481 e. The molecule has 36 nitrogen and oxygen atoms in total. The highest BCUT2D eigenvalue weighted by atomic mass is 32.1. The maximum atomic E-state index is 14.3. The second kappa shape index (κ2) is 38.8. The Labute approximate surface area is 566 Å². The molecule has 3 heterocycles. The van der Waals surface area contributed by atoms with Gasteiger partial charge in [-0.05, 0) is 88.6 Å². The van der Waals surface area contributed by atoms with E-state index in [1.165, 1.54) is 19.4 Å². The number of primary amides is 1. The summed E-state index contributed by atoms with van der Waals surface area (Å²) < 4.78 is 0. The topological polar surface area (TPSA) is 606 Å². The minimum absolute atomic E-state index is 0.00549. The Kier molecular flexibility index (Phi) is 30.9. The van der Waals surface area contributed by atoms with E-state index in [1.54, 1.807) is 42.7 Å². The number of amides is 11. The van der Waals surface area contributed by atoms with Gasteiger partial charge in [-0.3, -0.25) is 62.5 Å². The van der Waals surface area contributed by atoms with Crippen LogP contribution in [0, 0.1) is 0 Å². The van der Waals surface area contributed by atoms with Crippen molar-refractivity contribution in [2.24, 2.45) is 33.7 Å². The highest BCUT2D eigenvalue weighted by Crippen LogP contribution is 2.21. The number of unbranched alkanes of at least 4 members (excludes halogenated alkanes) is 1. The standard InChI is InChI=1S/C61H86N20O16S/c1-30(51(87)77-44(22-34-26-67-29-72-34)56(92)75-40(15-9-19-68-61(65)66)54(90)80-46(28-98)58(94)81-50(31(2)82)59(95)76-42(60(96)97)14-7-8-18-62)73-48(84)27-71-53(89)43(21-33-25-70-39-13-6-4-11-36(33)39)78-57(93)45(23-49(85)86)79-55(91)41(16-17-47(64)83)74-52(88)37(63)20-32-24-69-38-12-5-3-10-35(32)38/h3-6,10-13,24-26,29-31,37,40-46,50,69-70,82,98H,7-9,14-23,27-28,62-63H2,1-2H3,(H2,64,83)(H,67,72)(H,71,89)(H,73,84)(H,74,88)(H,75,92)(H,76,95)(H,77,87)(H,78,93)(H,79,91)(H,80,90)(H,81,94)(H,85,86)(H,96,97)(H4,65,66,68)/t30-,31+,37-,40-,41-,42-,43-,44-,45-,46-,50-/m0/s1. The van der Waals surface area contributed by atoms with Crippen LogP contribution < -0.4 is 81.8 Å². The highest BCUT2D eigenvalue weighted by molar-refractivity contribution is 7.80. The largest absolute Gasteiger partial charge is 0.481 e. The van der Waals surface area contributed by atoms with Gasteiger partial charge in [-0.25, -0.2) is 9.78 Å². The molecule has 0 saturated carbocycles. The number of thiol groups is 1. The fourth-order valence-electron chi connectivity index (χ4n) is 10.1. The van der Waals surface area contributed by atoms with Crippen molar-refractivity contribution in [1.82, 2.24) is 73.1 Å². The van der Waals surface area contributed by atoms with Crippen LogP contribution in [0.25, 0.3) is 21.8 Å². The van der Waals surface area contributed by atoms with E-state index in [-0.39, 0.29) is 57.6 Å². The summed E-state index contributed by atoms with van der Waals surface area (Å²) in [5.74, 6) is -14.6. The van der Waals surface area contributed by atoms with Crippen molar-refractivity contribution in [1.29, 1.82) is 0 Å². The molecule has 3 aromatic heterocycles. The van der Waals surface area contributed by atoms with Crippen molar-refractivity contribution in [2.75, 3.05) is 25.4 Å². The fraction of sp³-hybridized carbons (Fsp3) is 0.459. The molecule has 11 amide bonds. The lowest BCUT2D eigenvalue weighted by atomic mass is 10.0. The zero-order valence-corrected chi connectivity index (χ0v) is 54.7. The first-order chi connectivity index (χ1) is 46.6. The average molecular weight is 1390 g/mol. The second-order valence-electron chi connectivity index (χ2n) is 23.0. The molecule has 0 radical (unpaired) electrons. The van der Waals surface area contributed by atoms with Crippen LogP contribution in [0.3, 0.4) is 0 Å². The maximum absolute atomic E-state index is 14.3. The number of aromatic amines is 3. The van der Waals surface area contributed by atoms with Crippen LogP contribution in [-0.4, -0.2) is 210 Å². The van der Waals surface area contributed by atoms with Gasteiger partial charge in [0.05, 0.1) is 31.4 Å². The number of aliphatic carboxylic acids is 2. The number of fused-ring (bicyclic) bond motifs is 2. The number of para-hydroxylation sites is 2. The number of nitrogens with one attached hydrogen (secondary N) is 13. The van der Waals surface area contributed by atoms with Gasteiger partial charge in [0.2, 0.25) is 65.0 Å². The van der Waals surface area contributed by atoms with Crippen molar-refractivity contribution in [3.05, 3.63) is 90.3 Å². The third kappa shape index (κ3) is 24.8. The predicted octanol–water partition coefficient (Wildman–Crippen LogP) is -5.46. The number of carboxylic acids is 2. The summed E-state index contributed by atoms with van der Waals surface area (Å²) >= 11 is 4.20. The van der Waals surface area contributed by atoms with E-state index in [0.717, 1.165) is 17.8 Å². The van der Waals surface area contributed by atoms with Crippen LogP contribution >= 0.6 is 12.6 Å². The third-order valence-corrected chi connectivity index (χ3v) is 15.7. The van der Waals surface area contributed by atoms with Gasteiger partial charge in [0.25, 0.3) is 0 Å². The van der Waals surface area contributed by atoms with Gasteiger partial charge in [-0.1, -0.05) is 36.4 Å². The SMILES string of the molecule is C[C@H](NC(=O)CNC(=O)[C@H](Cc1c[nH]c2ccccc12)NC(=O)[C@H](CC(=O)O)NC(=O)[C@H](CCC(N)=O)NC(=O)[C@@H](N)Cc1c[nH]c2ccccc12)C(=O)N[C@@H](Cc1cnc[nH]1)C(=O)N[C@@H](CCCN=C(N)N)C(=O)N[C@@H](CS)C(=O)N[C@H](C(=O)N[C@@H](CCCCN)C(=O)O)[C@@H](C)O. The average Bonchev–Trinajstić information content (AvgIpc) is 1.66. The van der Waals surface area contributed by atoms with E-state index in [9.17, 15) is 77.6 Å². The number of nitrogens with two attached hydrogens (primary N) is 5. The highest BCUT2D eigenvalue weighted by Gasteiger charge is 2.36. The molecule has 11 atom stereocenters. The van der Waals surface area contributed by atoms with E-state index in [0.29, 0.717) is 40.6 Å². The number of guanidine groups is 1. The molecule has 0 aliphatic heterocycles. The molecule has 532 valence electrons. The molecular formula is C61H86N20O16S. The molecular weight excluding hydrogens is 1300 g/mol. The van der Waals surface area contributed by atoms with Crippen molar-refractivity contribution in [3.8, 4) is 0 Å². The molecule has 5 rings (SSSR count). The number of carboxylic acid groups (broad SMARTS) is 2. The number of carbonyl (C=O) groups excluding carboxylic acids is 11. The molecule has 26 N–H and O–H groups in total. The Hall–Kier alpha value is -10.7. The lowest BCUT2D eigenvalue weighted by Gasteiger charge is -2.27. The van der Waals surface area contributed by atoms with Gasteiger partial charge in [-0.2, -0.15) is 12.6 Å². The Morgan fingerprint density at radius 1 is 0.571 bits per heavy atom. The van der Waals surface area contributed by atoms with E-state index < -0.39 is 175 Å².